The molecule has 0 aliphatic carbocycles. The number of hydrogen-bond donors (Lipinski definition) is 1. The van der Waals surface area contributed by atoms with Crippen LogP contribution in [-0.2, 0) is 0 Å². The van der Waals surface area contributed by atoms with Gasteiger partial charge in [-0.1, -0.05) is 0 Å². The molecule has 0 spiro atoms. The summed E-state index contributed by atoms with van der Waals surface area (Å²) in [5.41, 5.74) is 0.440. The number of aromatic nitrogens is 2. The zero-order valence-electron chi connectivity index (χ0n) is 10.3. The molecule has 0 bridgehead atoms. The molecule has 1 heterocycles. The monoisotopic (exact) mass is 262 g/mol. The number of nitrogens with zero attached hydrogens (tertiary/aromatic N) is 2. The minimum Gasteiger partial charge on any atom is -0.478 e. The fourth-order valence-electron chi connectivity index (χ4n) is 1.61. The van der Waals surface area contributed by atoms with E-state index in [1.807, 2.05) is 0 Å². The maximum atomic E-state index is 13.0. The third-order valence-electron chi connectivity index (χ3n) is 2.33. The van der Waals surface area contributed by atoms with Crippen LogP contribution in [0.15, 0.2) is 24.3 Å². The van der Waals surface area contributed by atoms with Crippen LogP contribution in [0.1, 0.15) is 21.9 Å². The van der Waals surface area contributed by atoms with Crippen LogP contribution in [0.2, 0.25) is 0 Å². The van der Waals surface area contributed by atoms with Crippen LogP contribution in [0.4, 0.5) is 4.39 Å². The fraction of sp³-hybridized carbons (Fsp3) is 0.154. The van der Waals surface area contributed by atoms with Crippen LogP contribution in [0, 0.1) is 19.7 Å². The highest BCUT2D eigenvalue weighted by atomic mass is 19.1. The summed E-state index contributed by atoms with van der Waals surface area (Å²) in [6, 6.07) is 4.86. The van der Waals surface area contributed by atoms with E-state index in [1.54, 1.807) is 19.9 Å². The van der Waals surface area contributed by atoms with Crippen LogP contribution in [-0.4, -0.2) is 21.0 Å². The first-order valence-electron chi connectivity index (χ1n) is 5.48. The molecule has 2 rings (SSSR count). The Hall–Kier alpha value is -2.50. The maximum absolute atomic E-state index is 13.0. The van der Waals surface area contributed by atoms with E-state index < -0.39 is 11.8 Å². The Bertz CT molecular complexity index is 624. The quantitative estimate of drug-likeness (QED) is 0.920. The first-order chi connectivity index (χ1) is 8.95. The molecule has 1 aromatic heterocycles. The van der Waals surface area contributed by atoms with Crippen molar-refractivity contribution < 1.29 is 19.0 Å². The Kier molecular flexibility index (Phi) is 3.41. The summed E-state index contributed by atoms with van der Waals surface area (Å²) in [6.45, 7) is 3.47. The highest BCUT2D eigenvalue weighted by molar-refractivity contribution is 5.90. The van der Waals surface area contributed by atoms with Crippen LogP contribution < -0.4 is 4.74 Å². The standard InChI is InChI=1S/C13H11FN2O3/c1-7-5-12(16-8(2)15-7)19-11-4-3-9(14)6-10(11)13(17)18/h3-6H,1-2H3,(H,17,18). The molecule has 1 N–H and O–H groups in total. The molecule has 1 aromatic carbocycles. The SMILES string of the molecule is Cc1cc(Oc2ccc(F)cc2C(=O)O)nc(C)n1. The summed E-state index contributed by atoms with van der Waals surface area (Å²) in [7, 11) is 0. The van der Waals surface area contributed by atoms with E-state index in [0.717, 1.165) is 12.1 Å². The predicted molar refractivity (Wildman–Crippen MR) is 64.9 cm³/mol. The van der Waals surface area contributed by atoms with Gasteiger partial charge in [0, 0.05) is 11.8 Å². The highest BCUT2D eigenvalue weighted by Gasteiger charge is 2.14. The average molecular weight is 262 g/mol. The van der Waals surface area contributed by atoms with Gasteiger partial charge in [0.2, 0.25) is 5.88 Å². The van der Waals surface area contributed by atoms with Gasteiger partial charge in [0.15, 0.2) is 0 Å². The average Bonchev–Trinajstić information content (AvgIpc) is 2.30. The molecule has 98 valence electrons. The largest absolute Gasteiger partial charge is 0.478 e. The van der Waals surface area contributed by atoms with Gasteiger partial charge in [0.1, 0.15) is 23.0 Å². The van der Waals surface area contributed by atoms with Gasteiger partial charge >= 0.3 is 5.97 Å². The summed E-state index contributed by atoms with van der Waals surface area (Å²) in [4.78, 5) is 19.1. The van der Waals surface area contributed by atoms with Crippen molar-refractivity contribution in [3.05, 3.63) is 47.2 Å². The molecule has 2 aromatic rings. The smallest absolute Gasteiger partial charge is 0.339 e. The molecule has 0 fully saturated rings. The van der Waals surface area contributed by atoms with Crippen LogP contribution in [0.3, 0.4) is 0 Å². The number of aryl methyl sites for hydroxylation is 2. The Labute approximate surface area is 108 Å². The van der Waals surface area contributed by atoms with E-state index in [1.165, 1.54) is 6.07 Å². The Morgan fingerprint density at radius 3 is 2.63 bits per heavy atom. The van der Waals surface area contributed by atoms with Gasteiger partial charge in [0.05, 0.1) is 0 Å². The fourth-order valence-corrected chi connectivity index (χ4v) is 1.61. The second-order valence-corrected chi connectivity index (χ2v) is 3.94. The lowest BCUT2D eigenvalue weighted by Crippen LogP contribution is -2.02. The molecule has 0 unspecified atom stereocenters. The van der Waals surface area contributed by atoms with Crippen molar-refractivity contribution >= 4 is 5.97 Å². The number of carboxylic acid groups (broad SMARTS) is 1. The van der Waals surface area contributed by atoms with Gasteiger partial charge < -0.3 is 9.84 Å². The number of carbonyl (C=O) groups is 1. The minimum atomic E-state index is -1.27. The van der Waals surface area contributed by atoms with E-state index in [-0.39, 0.29) is 17.2 Å². The number of benzene rings is 1. The van der Waals surface area contributed by atoms with Gasteiger partial charge in [-0.15, -0.1) is 0 Å². The molecule has 0 saturated carbocycles. The van der Waals surface area contributed by atoms with Crippen molar-refractivity contribution in [2.24, 2.45) is 0 Å². The Morgan fingerprint density at radius 1 is 1.26 bits per heavy atom. The summed E-state index contributed by atoms with van der Waals surface area (Å²) in [5.74, 6) is -1.14. The molecule has 0 radical (unpaired) electrons. The van der Waals surface area contributed by atoms with E-state index >= 15 is 0 Å². The lowest BCUT2D eigenvalue weighted by molar-refractivity contribution is 0.0693. The van der Waals surface area contributed by atoms with Gasteiger partial charge in [-0.05, 0) is 32.0 Å². The van der Waals surface area contributed by atoms with Gasteiger partial charge in [-0.3, -0.25) is 0 Å². The molecule has 6 heteroatoms. The number of halogens is 1. The third-order valence-corrected chi connectivity index (χ3v) is 2.33. The molecule has 0 saturated heterocycles. The number of hydrogen-bond acceptors (Lipinski definition) is 4. The van der Waals surface area contributed by atoms with Gasteiger partial charge in [-0.2, -0.15) is 4.98 Å². The molecule has 0 aliphatic rings. The second-order valence-electron chi connectivity index (χ2n) is 3.94. The van der Waals surface area contributed by atoms with Gasteiger partial charge in [-0.25, -0.2) is 14.2 Å². The summed E-state index contributed by atoms with van der Waals surface area (Å²) in [6.07, 6.45) is 0. The molecular weight excluding hydrogens is 251 g/mol. The summed E-state index contributed by atoms with van der Waals surface area (Å²) in [5, 5.41) is 9.00. The van der Waals surface area contributed by atoms with Crippen LogP contribution in [0.5, 0.6) is 11.6 Å². The molecule has 0 amide bonds. The molecular formula is C13H11FN2O3. The second kappa shape index (κ2) is 5.01. The van der Waals surface area contributed by atoms with Crippen molar-refractivity contribution in [3.63, 3.8) is 0 Å². The van der Waals surface area contributed by atoms with E-state index in [9.17, 15) is 9.18 Å². The van der Waals surface area contributed by atoms with Crippen molar-refractivity contribution in [3.8, 4) is 11.6 Å². The van der Waals surface area contributed by atoms with E-state index in [0.29, 0.717) is 11.5 Å². The van der Waals surface area contributed by atoms with Crippen LogP contribution >= 0.6 is 0 Å². The van der Waals surface area contributed by atoms with Gasteiger partial charge in [0.25, 0.3) is 0 Å². The summed E-state index contributed by atoms with van der Waals surface area (Å²) >= 11 is 0. The first kappa shape index (κ1) is 12.9. The maximum Gasteiger partial charge on any atom is 0.339 e. The molecule has 0 atom stereocenters. The summed E-state index contributed by atoms with van der Waals surface area (Å²) < 4.78 is 18.4. The molecule has 19 heavy (non-hydrogen) atoms. The van der Waals surface area contributed by atoms with Crippen molar-refractivity contribution in [1.82, 2.24) is 9.97 Å². The third kappa shape index (κ3) is 3.04. The lowest BCUT2D eigenvalue weighted by atomic mass is 10.2. The lowest BCUT2D eigenvalue weighted by Gasteiger charge is -2.08. The number of carboxylic acids is 1. The predicted octanol–water partition coefficient (Wildman–Crippen LogP) is 2.72. The normalized spacial score (nSPS) is 10.3. The van der Waals surface area contributed by atoms with Crippen LogP contribution in [0.25, 0.3) is 0 Å². The Balaban J connectivity index is 2.40. The number of aromatic carboxylic acids is 1. The van der Waals surface area contributed by atoms with E-state index in [4.69, 9.17) is 9.84 Å². The topological polar surface area (TPSA) is 72.3 Å². The minimum absolute atomic E-state index is 0.0337. The van der Waals surface area contributed by atoms with E-state index in [2.05, 4.69) is 9.97 Å². The van der Waals surface area contributed by atoms with Crippen molar-refractivity contribution in [2.75, 3.05) is 0 Å². The number of ether oxygens (including phenoxy) is 1. The van der Waals surface area contributed by atoms with Crippen molar-refractivity contribution in [1.29, 1.82) is 0 Å². The van der Waals surface area contributed by atoms with Crippen molar-refractivity contribution in [2.45, 2.75) is 13.8 Å². The Morgan fingerprint density at radius 2 is 2.00 bits per heavy atom. The zero-order chi connectivity index (χ0) is 14.0. The first-order valence-corrected chi connectivity index (χ1v) is 5.48. The molecule has 0 aliphatic heterocycles. The molecule has 5 nitrogen and oxygen atoms in total. The highest BCUT2D eigenvalue weighted by Crippen LogP contribution is 2.25. The zero-order valence-corrected chi connectivity index (χ0v) is 10.3. The number of rotatable bonds is 3.